The van der Waals surface area contributed by atoms with E-state index in [0.717, 1.165) is 38.5 Å². The number of hydrogen-bond donors (Lipinski definition) is 0. The lowest BCUT2D eigenvalue weighted by Gasteiger charge is -2.42. The maximum absolute atomic E-state index is 13.9. The molecule has 162 valence electrons. The number of hydrogen-bond acceptors (Lipinski definition) is 5. The highest BCUT2D eigenvalue weighted by molar-refractivity contribution is 7.89. The van der Waals surface area contributed by atoms with Gasteiger partial charge in [0.05, 0.1) is 18.1 Å². The fraction of sp³-hybridized carbons (Fsp3) is 0.500. The minimum Gasteiger partial charge on any atom is -0.379 e. The van der Waals surface area contributed by atoms with Gasteiger partial charge in [0.1, 0.15) is 5.82 Å². The van der Waals surface area contributed by atoms with Gasteiger partial charge in [-0.1, -0.05) is 6.07 Å². The molecule has 3 heterocycles. The molecule has 2 aliphatic heterocycles. The number of benzene rings is 1. The molecule has 0 saturated carbocycles. The summed E-state index contributed by atoms with van der Waals surface area (Å²) in [6, 6.07) is 8.18. The summed E-state index contributed by atoms with van der Waals surface area (Å²) in [5.41, 5.74) is 1.59. The van der Waals surface area contributed by atoms with Crippen molar-refractivity contribution in [3.05, 3.63) is 59.7 Å². The number of aryl methyl sites for hydroxylation is 1. The molecule has 0 aliphatic carbocycles. The maximum atomic E-state index is 13.9. The van der Waals surface area contributed by atoms with Crippen LogP contribution in [0.3, 0.4) is 0 Å². The Balaban J connectivity index is 1.44. The van der Waals surface area contributed by atoms with Crippen LogP contribution in [0, 0.1) is 18.2 Å². The zero-order valence-corrected chi connectivity index (χ0v) is 18.1. The van der Waals surface area contributed by atoms with Crippen molar-refractivity contribution in [3.63, 3.8) is 0 Å². The normalized spacial score (nSPS) is 20.9. The van der Waals surface area contributed by atoms with Crippen molar-refractivity contribution in [2.75, 3.05) is 39.4 Å². The SMILES string of the molecule is Cc1ccc(S(=O)(=O)N2CCC3(CC2)COCCN(Cc2ccncc2)C3)cc1F. The van der Waals surface area contributed by atoms with Crippen molar-refractivity contribution < 1.29 is 17.5 Å². The number of halogens is 1. The predicted octanol–water partition coefficient (Wildman–Crippen LogP) is 2.83. The third-order valence-corrected chi connectivity index (χ3v) is 8.13. The van der Waals surface area contributed by atoms with E-state index in [1.165, 1.54) is 22.0 Å². The second kappa shape index (κ2) is 8.70. The van der Waals surface area contributed by atoms with Crippen LogP contribution in [0.5, 0.6) is 0 Å². The van der Waals surface area contributed by atoms with E-state index in [0.29, 0.717) is 31.9 Å². The predicted molar refractivity (Wildman–Crippen MR) is 112 cm³/mol. The van der Waals surface area contributed by atoms with Crippen LogP contribution < -0.4 is 0 Å². The summed E-state index contributed by atoms with van der Waals surface area (Å²) in [6.07, 6.45) is 5.06. The number of rotatable bonds is 4. The smallest absolute Gasteiger partial charge is 0.243 e. The first-order valence-electron chi connectivity index (χ1n) is 10.3. The summed E-state index contributed by atoms with van der Waals surface area (Å²) in [5.74, 6) is -0.492. The number of piperidine rings is 1. The summed E-state index contributed by atoms with van der Waals surface area (Å²) in [6.45, 7) is 6.36. The first-order valence-corrected chi connectivity index (χ1v) is 11.8. The first kappa shape index (κ1) is 21.4. The highest BCUT2D eigenvalue weighted by Gasteiger charge is 2.41. The molecule has 0 bridgehead atoms. The minimum absolute atomic E-state index is 0.0259. The van der Waals surface area contributed by atoms with Crippen LogP contribution in [0.15, 0.2) is 47.6 Å². The van der Waals surface area contributed by atoms with E-state index in [2.05, 4.69) is 9.88 Å². The average Bonchev–Trinajstić information content (AvgIpc) is 2.93. The summed E-state index contributed by atoms with van der Waals surface area (Å²) in [4.78, 5) is 6.49. The van der Waals surface area contributed by atoms with Crippen LogP contribution in [-0.2, 0) is 21.3 Å². The van der Waals surface area contributed by atoms with Gasteiger partial charge in [0.15, 0.2) is 0 Å². The van der Waals surface area contributed by atoms with Crippen molar-refractivity contribution >= 4 is 10.0 Å². The lowest BCUT2D eigenvalue weighted by atomic mass is 9.79. The molecule has 2 aliphatic rings. The zero-order valence-electron chi connectivity index (χ0n) is 17.3. The van der Waals surface area contributed by atoms with E-state index < -0.39 is 15.8 Å². The average molecular weight is 434 g/mol. The van der Waals surface area contributed by atoms with Gasteiger partial charge in [-0.3, -0.25) is 9.88 Å². The van der Waals surface area contributed by atoms with Crippen molar-refractivity contribution in [1.82, 2.24) is 14.2 Å². The lowest BCUT2D eigenvalue weighted by molar-refractivity contribution is 0.0307. The molecule has 0 N–H and O–H groups in total. The third kappa shape index (κ3) is 4.56. The second-order valence-corrected chi connectivity index (χ2v) is 10.4. The highest BCUT2D eigenvalue weighted by Crippen LogP contribution is 2.36. The van der Waals surface area contributed by atoms with Gasteiger partial charge in [0.25, 0.3) is 0 Å². The molecule has 2 saturated heterocycles. The highest BCUT2D eigenvalue weighted by atomic mass is 32.2. The second-order valence-electron chi connectivity index (χ2n) is 8.43. The fourth-order valence-corrected chi connectivity index (χ4v) is 5.80. The van der Waals surface area contributed by atoms with Gasteiger partial charge in [-0.2, -0.15) is 4.31 Å². The fourth-order valence-electron chi connectivity index (χ4n) is 4.35. The molecule has 2 fully saturated rings. The van der Waals surface area contributed by atoms with E-state index >= 15 is 0 Å². The van der Waals surface area contributed by atoms with Crippen LogP contribution >= 0.6 is 0 Å². The van der Waals surface area contributed by atoms with Gasteiger partial charge in [-0.15, -0.1) is 0 Å². The molecule has 0 amide bonds. The summed E-state index contributed by atoms with van der Waals surface area (Å²) in [7, 11) is -3.70. The Morgan fingerprint density at radius 3 is 2.57 bits per heavy atom. The Hall–Kier alpha value is -1.87. The topological polar surface area (TPSA) is 62.7 Å². The molecule has 4 rings (SSSR count). The zero-order chi connectivity index (χ0) is 21.2. The van der Waals surface area contributed by atoms with Gasteiger partial charge in [0.2, 0.25) is 10.0 Å². The minimum atomic E-state index is -3.70. The summed E-state index contributed by atoms with van der Waals surface area (Å²) in [5, 5.41) is 0. The van der Waals surface area contributed by atoms with Gasteiger partial charge >= 0.3 is 0 Å². The van der Waals surface area contributed by atoms with Crippen LogP contribution in [0.4, 0.5) is 4.39 Å². The Kier molecular flexibility index (Phi) is 6.20. The standard InChI is InChI=1S/C22H28FN3O3S/c1-18-2-3-20(14-21(18)23)30(27,28)26-10-6-22(7-11-26)16-25(12-13-29-17-22)15-19-4-8-24-9-5-19/h2-5,8-9,14H,6-7,10-13,15-17H2,1H3. The largest absolute Gasteiger partial charge is 0.379 e. The Morgan fingerprint density at radius 1 is 1.13 bits per heavy atom. The van der Waals surface area contributed by atoms with Crippen LogP contribution in [-0.4, -0.2) is 62.0 Å². The van der Waals surface area contributed by atoms with E-state index in [9.17, 15) is 12.8 Å². The number of sulfonamides is 1. The Morgan fingerprint density at radius 2 is 1.87 bits per heavy atom. The first-order chi connectivity index (χ1) is 14.4. The third-order valence-electron chi connectivity index (χ3n) is 6.24. The van der Waals surface area contributed by atoms with Gasteiger partial charge < -0.3 is 4.74 Å². The van der Waals surface area contributed by atoms with Gasteiger partial charge in [-0.25, -0.2) is 12.8 Å². The number of ether oxygens (including phenoxy) is 1. The molecule has 6 nitrogen and oxygen atoms in total. The van der Waals surface area contributed by atoms with Crippen molar-refractivity contribution in [2.24, 2.45) is 5.41 Å². The molecular weight excluding hydrogens is 405 g/mol. The van der Waals surface area contributed by atoms with Crippen molar-refractivity contribution in [1.29, 1.82) is 0 Å². The molecule has 1 aromatic carbocycles. The molecule has 1 spiro atoms. The summed E-state index contributed by atoms with van der Waals surface area (Å²) >= 11 is 0. The molecule has 2 aromatic rings. The van der Waals surface area contributed by atoms with Crippen molar-refractivity contribution in [2.45, 2.75) is 31.2 Å². The number of nitrogens with zero attached hydrogens (tertiary/aromatic N) is 3. The van der Waals surface area contributed by atoms with E-state index in [1.54, 1.807) is 19.3 Å². The van der Waals surface area contributed by atoms with Crippen LogP contribution in [0.25, 0.3) is 0 Å². The van der Waals surface area contributed by atoms with E-state index in [4.69, 9.17) is 4.74 Å². The monoisotopic (exact) mass is 433 g/mol. The molecule has 0 atom stereocenters. The van der Waals surface area contributed by atoms with E-state index in [1.807, 2.05) is 12.1 Å². The lowest BCUT2D eigenvalue weighted by Crippen LogP contribution is -2.48. The van der Waals surface area contributed by atoms with Gasteiger partial charge in [-0.05, 0) is 55.2 Å². The van der Waals surface area contributed by atoms with Gasteiger partial charge in [0, 0.05) is 50.5 Å². The maximum Gasteiger partial charge on any atom is 0.243 e. The summed E-state index contributed by atoms with van der Waals surface area (Å²) < 4.78 is 47.3. The molecule has 0 unspecified atom stereocenters. The Labute approximate surface area is 177 Å². The molecule has 30 heavy (non-hydrogen) atoms. The van der Waals surface area contributed by atoms with Crippen LogP contribution in [0.1, 0.15) is 24.0 Å². The number of pyridine rings is 1. The van der Waals surface area contributed by atoms with Crippen LogP contribution in [0.2, 0.25) is 0 Å². The molecule has 1 aromatic heterocycles. The van der Waals surface area contributed by atoms with E-state index in [-0.39, 0.29) is 10.3 Å². The molecular formula is C22H28FN3O3S. The molecule has 8 heteroatoms. The number of aromatic nitrogens is 1. The quantitative estimate of drug-likeness (QED) is 0.742. The molecule has 0 radical (unpaired) electrons. The Bertz CT molecular complexity index is 976. The van der Waals surface area contributed by atoms with Crippen molar-refractivity contribution in [3.8, 4) is 0 Å².